The van der Waals surface area contributed by atoms with Gasteiger partial charge in [0.1, 0.15) is 5.94 Å². The van der Waals surface area contributed by atoms with Gasteiger partial charge in [-0.3, -0.25) is 0 Å². The lowest BCUT2D eigenvalue weighted by molar-refractivity contribution is 0.0497. The fourth-order valence-electron chi connectivity index (χ4n) is 2.37. The van der Waals surface area contributed by atoms with E-state index in [4.69, 9.17) is 23.7 Å². The summed E-state index contributed by atoms with van der Waals surface area (Å²) in [5.41, 5.74) is 0. The summed E-state index contributed by atoms with van der Waals surface area (Å²) in [6, 6.07) is 0. The van der Waals surface area contributed by atoms with Crippen molar-refractivity contribution < 1.29 is 33.3 Å². The van der Waals surface area contributed by atoms with Crippen LogP contribution in [0.2, 0.25) is 0 Å². The summed E-state index contributed by atoms with van der Waals surface area (Å²) in [6.07, 6.45) is 1.40. The topological polar surface area (TPSA) is 116 Å². The van der Waals surface area contributed by atoms with Crippen LogP contribution in [-0.4, -0.2) is 95.8 Å². The Bertz CT molecular complexity index is 644. The van der Waals surface area contributed by atoms with Crippen LogP contribution in [0.25, 0.3) is 0 Å². The van der Waals surface area contributed by atoms with Crippen molar-refractivity contribution in [1.82, 2.24) is 16.0 Å². The third-order valence-electron chi connectivity index (χ3n) is 4.37. The van der Waals surface area contributed by atoms with Crippen LogP contribution in [0.5, 0.6) is 0 Å². The van der Waals surface area contributed by atoms with E-state index in [1.54, 1.807) is 21.6 Å². The zero-order valence-electron chi connectivity index (χ0n) is 23.2. The zero-order chi connectivity index (χ0) is 27.6. The van der Waals surface area contributed by atoms with Gasteiger partial charge in [-0.25, -0.2) is 9.59 Å². The lowest BCUT2D eigenvalue weighted by atomic mass is 10.1. The molecule has 12 heteroatoms. The molecule has 0 fully saturated rings. The Kier molecular flexibility index (Phi) is 24.0. The van der Waals surface area contributed by atoms with Crippen molar-refractivity contribution in [3.8, 4) is 11.8 Å². The maximum atomic E-state index is 11.8. The number of carbonyl (C=O) groups excluding carboxylic acids is 2. The van der Waals surface area contributed by atoms with E-state index in [-0.39, 0.29) is 10.7 Å². The smallest absolute Gasteiger partial charge is 0.407 e. The molecule has 0 unspecified atom stereocenters. The molecule has 0 aliphatic carbocycles. The standard InChI is InChI=1S/C25H47N3O7S2/c1-22(2)9-8-11-27-23(29)34-15-7-6-14-33-21-36-37-25(3,4)10-16-35-24(30)28-13-18-32-20-19-31-17-12-26-5/h22,26H,6-7,10-21H2,1-5H3,(H,27,29)(H,28,30). The highest BCUT2D eigenvalue weighted by Gasteiger charge is 2.19. The van der Waals surface area contributed by atoms with Gasteiger partial charge in [0.2, 0.25) is 0 Å². The molecule has 0 saturated heterocycles. The largest absolute Gasteiger partial charge is 0.450 e. The number of amides is 2. The zero-order valence-corrected chi connectivity index (χ0v) is 24.8. The van der Waals surface area contributed by atoms with Gasteiger partial charge in [-0.2, -0.15) is 0 Å². The number of ether oxygens (including phenoxy) is 5. The Balaban J connectivity index is 3.54. The Labute approximate surface area is 231 Å². The quantitative estimate of drug-likeness (QED) is 0.0777. The van der Waals surface area contributed by atoms with E-state index in [1.165, 1.54) is 0 Å². The Morgan fingerprint density at radius 1 is 0.838 bits per heavy atom. The molecule has 0 aliphatic heterocycles. The summed E-state index contributed by atoms with van der Waals surface area (Å²) in [5.74, 6) is 6.69. The molecule has 0 aromatic rings. The first-order valence-electron chi connectivity index (χ1n) is 12.7. The lowest BCUT2D eigenvalue weighted by Crippen LogP contribution is -2.29. The number of likely N-dealkylation sites (N-methyl/N-ethyl adjacent to an activating group) is 1. The summed E-state index contributed by atoms with van der Waals surface area (Å²) in [6.45, 7) is 13.1. The summed E-state index contributed by atoms with van der Waals surface area (Å²) >= 11 is 0. The molecule has 0 heterocycles. The predicted molar refractivity (Wildman–Crippen MR) is 151 cm³/mol. The number of hydrogen-bond donors (Lipinski definition) is 3. The molecule has 2 amide bonds. The molecular weight excluding hydrogens is 518 g/mol. The third-order valence-corrected chi connectivity index (χ3v) is 7.40. The van der Waals surface area contributed by atoms with Gasteiger partial charge in [0.25, 0.3) is 0 Å². The predicted octanol–water partition coefficient (Wildman–Crippen LogP) is 3.66. The molecule has 0 rings (SSSR count). The van der Waals surface area contributed by atoms with Crippen LogP contribution >= 0.6 is 21.6 Å². The molecule has 3 N–H and O–H groups in total. The van der Waals surface area contributed by atoms with E-state index in [0.717, 1.165) is 25.8 Å². The van der Waals surface area contributed by atoms with Gasteiger partial charge in [-0.05, 0) is 40.2 Å². The van der Waals surface area contributed by atoms with E-state index >= 15 is 0 Å². The van der Waals surface area contributed by atoms with Crippen LogP contribution < -0.4 is 16.0 Å². The van der Waals surface area contributed by atoms with Crippen molar-refractivity contribution in [3.05, 3.63) is 0 Å². The van der Waals surface area contributed by atoms with Gasteiger partial charge in [-0.15, -0.1) is 0 Å². The first-order chi connectivity index (χ1) is 17.8. The van der Waals surface area contributed by atoms with Crippen molar-refractivity contribution in [1.29, 1.82) is 0 Å². The summed E-state index contributed by atoms with van der Waals surface area (Å²) in [5, 5.41) is 8.28. The average Bonchev–Trinajstić information content (AvgIpc) is 2.84. The Morgan fingerprint density at radius 2 is 1.49 bits per heavy atom. The molecule has 37 heavy (non-hydrogen) atoms. The van der Waals surface area contributed by atoms with E-state index < -0.39 is 12.2 Å². The number of hydrogen-bond acceptors (Lipinski definition) is 10. The van der Waals surface area contributed by atoms with Gasteiger partial charge in [-0.1, -0.05) is 47.3 Å². The number of rotatable bonds is 22. The van der Waals surface area contributed by atoms with Crippen molar-refractivity contribution in [2.75, 3.05) is 78.9 Å². The SMILES string of the molecule is CNCCOCCOCCNC(=O)OCCC(C)(C)SSCOCCCCOC(=O)NCC#CC(C)C. The third kappa shape index (κ3) is 27.5. The molecule has 216 valence electrons. The van der Waals surface area contributed by atoms with Gasteiger partial charge in [0.05, 0.1) is 46.2 Å². The second-order valence-electron chi connectivity index (χ2n) is 8.80. The van der Waals surface area contributed by atoms with E-state index in [1.807, 2.05) is 20.9 Å². The second kappa shape index (κ2) is 24.9. The monoisotopic (exact) mass is 565 g/mol. The van der Waals surface area contributed by atoms with Gasteiger partial charge < -0.3 is 39.6 Å². The molecule has 10 nitrogen and oxygen atoms in total. The molecular formula is C25H47N3O7S2. The van der Waals surface area contributed by atoms with Crippen molar-refractivity contribution in [2.45, 2.75) is 51.7 Å². The van der Waals surface area contributed by atoms with E-state index in [0.29, 0.717) is 65.3 Å². The van der Waals surface area contributed by atoms with Crippen LogP contribution in [0.4, 0.5) is 9.59 Å². The molecule has 0 aliphatic rings. The van der Waals surface area contributed by atoms with E-state index in [9.17, 15) is 9.59 Å². The highest BCUT2D eigenvalue weighted by Crippen LogP contribution is 2.37. The van der Waals surface area contributed by atoms with Crippen LogP contribution in [-0.2, 0) is 23.7 Å². The number of unbranched alkanes of at least 4 members (excludes halogenated alkanes) is 1. The van der Waals surface area contributed by atoms with Crippen molar-refractivity contribution >= 4 is 33.8 Å². The summed E-state index contributed by atoms with van der Waals surface area (Å²) in [7, 11) is 5.21. The second-order valence-corrected chi connectivity index (χ2v) is 11.8. The van der Waals surface area contributed by atoms with Gasteiger partial charge in [0, 0.05) is 30.4 Å². The summed E-state index contributed by atoms with van der Waals surface area (Å²) < 4.78 is 26.6. The number of alkyl carbamates (subject to hydrolysis) is 2. The minimum absolute atomic E-state index is 0.0640. The lowest BCUT2D eigenvalue weighted by Gasteiger charge is -2.22. The highest BCUT2D eigenvalue weighted by molar-refractivity contribution is 8.77. The van der Waals surface area contributed by atoms with Crippen LogP contribution in [0, 0.1) is 17.8 Å². The van der Waals surface area contributed by atoms with E-state index in [2.05, 4.69) is 41.6 Å². The molecule has 0 spiro atoms. The fourth-order valence-corrected chi connectivity index (χ4v) is 4.65. The normalized spacial score (nSPS) is 11.1. The molecule has 0 aromatic carbocycles. The Morgan fingerprint density at radius 3 is 2.19 bits per heavy atom. The first kappa shape index (κ1) is 35.6. The minimum Gasteiger partial charge on any atom is -0.450 e. The molecule has 0 aromatic heterocycles. The highest BCUT2D eigenvalue weighted by atomic mass is 33.1. The maximum absolute atomic E-state index is 11.8. The van der Waals surface area contributed by atoms with Crippen molar-refractivity contribution in [3.63, 3.8) is 0 Å². The maximum Gasteiger partial charge on any atom is 0.407 e. The molecule has 0 atom stereocenters. The van der Waals surface area contributed by atoms with Crippen molar-refractivity contribution in [2.24, 2.45) is 5.92 Å². The minimum atomic E-state index is -0.444. The van der Waals surface area contributed by atoms with Gasteiger partial charge in [0.15, 0.2) is 0 Å². The average molecular weight is 566 g/mol. The fraction of sp³-hybridized carbons (Fsp3) is 0.840. The number of carbonyl (C=O) groups is 2. The first-order valence-corrected chi connectivity index (χ1v) is 15.1. The summed E-state index contributed by atoms with van der Waals surface area (Å²) in [4.78, 5) is 23.3. The molecule has 0 bridgehead atoms. The molecule has 0 saturated carbocycles. The van der Waals surface area contributed by atoms with Crippen LogP contribution in [0.3, 0.4) is 0 Å². The molecule has 0 radical (unpaired) electrons. The Hall–Kier alpha value is -1.36. The van der Waals surface area contributed by atoms with Crippen LogP contribution in [0.1, 0.15) is 47.0 Å². The van der Waals surface area contributed by atoms with Gasteiger partial charge >= 0.3 is 12.2 Å². The number of nitrogens with one attached hydrogen (secondary N) is 3. The van der Waals surface area contributed by atoms with Crippen LogP contribution in [0.15, 0.2) is 0 Å².